The first-order valence-corrected chi connectivity index (χ1v) is 11.8. The van der Waals surface area contributed by atoms with Gasteiger partial charge in [0.05, 0.1) is 14.6 Å². The highest BCUT2D eigenvalue weighted by atomic mass is 32.3. The Hall–Kier alpha value is -2.18. The van der Waals surface area contributed by atoms with Gasteiger partial charge in [-0.25, -0.2) is 4.21 Å². The van der Waals surface area contributed by atoms with Crippen molar-refractivity contribution in [3.05, 3.63) is 54.2 Å². The number of benzene rings is 1. The Morgan fingerprint density at radius 2 is 1.71 bits per heavy atom. The number of thiophene rings is 1. The van der Waals surface area contributed by atoms with Gasteiger partial charge in [-0.05, 0) is 30.3 Å². The predicted octanol–water partition coefficient (Wildman–Crippen LogP) is 4.01. The van der Waals surface area contributed by atoms with Gasteiger partial charge >= 0.3 is 6.18 Å². The second kappa shape index (κ2) is 7.01. The molecule has 0 saturated heterocycles. The van der Waals surface area contributed by atoms with Gasteiger partial charge in [0.2, 0.25) is 0 Å². The number of hydrogen-bond acceptors (Lipinski definition) is 5. The lowest BCUT2D eigenvalue weighted by molar-refractivity contribution is -0.143. The molecule has 12 heteroatoms. The molecule has 0 amide bonds. The number of aromatic nitrogens is 2. The first-order valence-electron chi connectivity index (χ1n) is 7.65. The number of alkyl halides is 3. The monoisotopic (exact) mass is 449 g/mol. The predicted molar refractivity (Wildman–Crippen MR) is 99.9 cm³/mol. The number of aryl methyl sites for hydroxylation is 1. The average molecular weight is 450 g/mol. The summed E-state index contributed by atoms with van der Waals surface area (Å²) in [4.78, 5) is 0.483. The molecule has 0 saturated carbocycles. The van der Waals surface area contributed by atoms with Crippen LogP contribution in [-0.2, 0) is 33.0 Å². The molecule has 28 heavy (non-hydrogen) atoms. The number of halogens is 3. The Morgan fingerprint density at radius 1 is 1.07 bits per heavy atom. The van der Waals surface area contributed by atoms with Crippen LogP contribution < -0.4 is 0 Å². The van der Waals surface area contributed by atoms with Crippen LogP contribution in [-0.4, -0.2) is 28.7 Å². The first kappa shape index (κ1) is 20.6. The lowest BCUT2D eigenvalue weighted by atomic mass is 10.3. The second-order valence-electron chi connectivity index (χ2n) is 5.82. The van der Waals surface area contributed by atoms with E-state index in [0.29, 0.717) is 16.0 Å². The lowest BCUT2D eigenvalue weighted by Crippen LogP contribution is -2.11. The molecule has 1 atom stereocenters. The van der Waals surface area contributed by atoms with Gasteiger partial charge in [-0.3, -0.25) is 4.68 Å². The van der Waals surface area contributed by atoms with Crippen LogP contribution in [0.4, 0.5) is 13.2 Å². The van der Waals surface area contributed by atoms with E-state index in [9.17, 15) is 25.8 Å². The third-order valence-electron chi connectivity index (χ3n) is 3.68. The molecular formula is C16H14F3N3O3S3. The van der Waals surface area contributed by atoms with Gasteiger partial charge in [0, 0.05) is 18.2 Å². The summed E-state index contributed by atoms with van der Waals surface area (Å²) >= 11 is 0.711. The maximum absolute atomic E-state index is 12.9. The topological polar surface area (TPSA) is 81.4 Å². The van der Waals surface area contributed by atoms with E-state index in [-0.39, 0.29) is 19.7 Å². The molecule has 1 unspecified atom stereocenters. The summed E-state index contributed by atoms with van der Waals surface area (Å²) in [5.41, 5.74) is -0.966. The zero-order valence-corrected chi connectivity index (χ0v) is 17.0. The van der Waals surface area contributed by atoms with Gasteiger partial charge in [0.15, 0.2) is 0 Å². The third-order valence-corrected chi connectivity index (χ3v) is 9.18. The molecule has 0 radical (unpaired) electrons. The Labute approximate surface area is 163 Å². The van der Waals surface area contributed by atoms with Crippen LogP contribution in [0.3, 0.4) is 0 Å². The molecule has 3 aromatic rings. The molecule has 6 nitrogen and oxygen atoms in total. The molecule has 0 N–H and O–H groups in total. The SMILES string of the molecule is Cn1nc(-c2ccc(S(=O)(=O)N=S(C)(=O)c3ccccc3)s2)cc1C(F)(F)F. The van der Waals surface area contributed by atoms with Gasteiger partial charge in [-0.2, -0.15) is 26.7 Å². The van der Waals surface area contributed by atoms with Crippen LogP contribution in [0.25, 0.3) is 10.6 Å². The van der Waals surface area contributed by atoms with Gasteiger partial charge in [-0.1, -0.05) is 18.2 Å². The molecule has 0 aliphatic carbocycles. The van der Waals surface area contributed by atoms with Crippen molar-refractivity contribution >= 4 is 31.1 Å². The minimum Gasteiger partial charge on any atom is -0.263 e. The van der Waals surface area contributed by atoms with Gasteiger partial charge in [0.1, 0.15) is 15.6 Å². The van der Waals surface area contributed by atoms with E-state index in [1.165, 1.54) is 30.5 Å². The van der Waals surface area contributed by atoms with E-state index >= 15 is 0 Å². The zero-order valence-electron chi connectivity index (χ0n) is 14.5. The van der Waals surface area contributed by atoms with Crippen LogP contribution in [0.1, 0.15) is 5.69 Å². The third kappa shape index (κ3) is 4.13. The Kier molecular flexibility index (Phi) is 5.15. The molecule has 0 spiro atoms. The standard InChI is InChI=1S/C16H14F3N3O3S3/c1-22-14(16(17,18)19)10-12(20-22)13-8-9-15(26-13)28(24,25)21-27(2,23)11-6-4-3-5-7-11/h3-10H,1-2H3. The first-order chi connectivity index (χ1) is 12.9. The molecule has 0 bridgehead atoms. The van der Waals surface area contributed by atoms with Crippen LogP contribution >= 0.6 is 11.3 Å². The highest BCUT2D eigenvalue weighted by Crippen LogP contribution is 2.35. The Bertz CT molecular complexity index is 1240. The fourth-order valence-corrected chi connectivity index (χ4v) is 7.09. The lowest BCUT2D eigenvalue weighted by Gasteiger charge is -2.04. The van der Waals surface area contributed by atoms with E-state index in [2.05, 4.69) is 8.87 Å². The van der Waals surface area contributed by atoms with Crippen molar-refractivity contribution in [2.45, 2.75) is 15.3 Å². The van der Waals surface area contributed by atoms with Crippen LogP contribution in [0.15, 0.2) is 61.4 Å². The summed E-state index contributed by atoms with van der Waals surface area (Å²) in [6, 6.07) is 11.3. The molecule has 0 aliphatic heterocycles. The van der Waals surface area contributed by atoms with Crippen molar-refractivity contribution in [1.29, 1.82) is 0 Å². The van der Waals surface area contributed by atoms with Gasteiger partial charge in [0.25, 0.3) is 10.0 Å². The summed E-state index contributed by atoms with van der Waals surface area (Å²) in [6.45, 7) is 0. The molecular weight excluding hydrogens is 435 g/mol. The van der Waals surface area contributed by atoms with Crippen molar-refractivity contribution < 1.29 is 25.8 Å². The highest BCUT2D eigenvalue weighted by Gasteiger charge is 2.35. The number of hydrogen-bond donors (Lipinski definition) is 0. The van der Waals surface area contributed by atoms with Crippen LogP contribution in [0.5, 0.6) is 0 Å². The fraction of sp³-hybridized carbons (Fsp3) is 0.188. The van der Waals surface area contributed by atoms with E-state index in [0.717, 1.165) is 13.1 Å². The van der Waals surface area contributed by atoms with Crippen molar-refractivity contribution in [2.75, 3.05) is 6.26 Å². The van der Waals surface area contributed by atoms with Crippen LogP contribution in [0.2, 0.25) is 0 Å². The van der Waals surface area contributed by atoms with E-state index in [1.807, 2.05) is 0 Å². The summed E-state index contributed by atoms with van der Waals surface area (Å²) in [6.07, 6.45) is -3.37. The molecule has 0 fully saturated rings. The minimum absolute atomic E-state index is 0.0124. The maximum Gasteiger partial charge on any atom is 0.433 e. The average Bonchev–Trinajstić information content (AvgIpc) is 3.21. The van der Waals surface area contributed by atoms with Crippen LogP contribution in [0, 0.1) is 0 Å². The molecule has 2 aromatic heterocycles. The summed E-state index contributed by atoms with van der Waals surface area (Å²) in [5.74, 6) is 0. The van der Waals surface area contributed by atoms with E-state index in [4.69, 9.17) is 0 Å². The minimum atomic E-state index is -4.58. The van der Waals surface area contributed by atoms with Crippen molar-refractivity contribution in [3.8, 4) is 10.6 Å². The van der Waals surface area contributed by atoms with Crippen molar-refractivity contribution in [3.63, 3.8) is 0 Å². The fourth-order valence-electron chi connectivity index (χ4n) is 2.39. The van der Waals surface area contributed by atoms with Crippen molar-refractivity contribution in [2.24, 2.45) is 10.8 Å². The molecule has 3 rings (SSSR count). The quantitative estimate of drug-likeness (QED) is 0.603. The smallest absolute Gasteiger partial charge is 0.263 e. The van der Waals surface area contributed by atoms with E-state index < -0.39 is 31.6 Å². The number of nitrogens with zero attached hydrogens (tertiary/aromatic N) is 3. The number of rotatable bonds is 4. The summed E-state index contributed by atoms with van der Waals surface area (Å²) in [5, 5.41) is 3.79. The van der Waals surface area contributed by atoms with Gasteiger partial charge in [-0.15, -0.1) is 15.1 Å². The summed E-state index contributed by atoms with van der Waals surface area (Å²) < 4.78 is 80.6. The normalized spacial score (nSPS) is 14.6. The highest BCUT2D eigenvalue weighted by molar-refractivity contribution is 8.03. The van der Waals surface area contributed by atoms with Crippen molar-refractivity contribution in [1.82, 2.24) is 9.78 Å². The zero-order chi connectivity index (χ0) is 20.7. The Balaban J connectivity index is 2.00. The molecule has 2 heterocycles. The molecule has 0 aliphatic rings. The maximum atomic E-state index is 12.9. The number of sulfonamides is 1. The molecule has 1 aromatic carbocycles. The van der Waals surface area contributed by atoms with Gasteiger partial charge < -0.3 is 0 Å². The Morgan fingerprint density at radius 3 is 2.29 bits per heavy atom. The molecule has 150 valence electrons. The van der Waals surface area contributed by atoms with E-state index in [1.54, 1.807) is 18.2 Å². The summed E-state index contributed by atoms with van der Waals surface area (Å²) in [7, 11) is -6.34. The second-order valence-corrected chi connectivity index (χ2v) is 11.2. The largest absolute Gasteiger partial charge is 0.433 e.